The summed E-state index contributed by atoms with van der Waals surface area (Å²) in [5.41, 5.74) is 2.72. The number of hydrogen-bond donors (Lipinski definition) is 2. The Kier molecular flexibility index (Phi) is 2.33. The molecule has 2 aliphatic rings. The van der Waals surface area contributed by atoms with E-state index in [1.807, 2.05) is 0 Å². The molecule has 1 fully saturated rings. The van der Waals surface area contributed by atoms with Gasteiger partial charge in [-0.3, -0.25) is 9.89 Å². The lowest BCUT2D eigenvalue weighted by atomic mass is 10.1. The number of pyridine rings is 1. The van der Waals surface area contributed by atoms with E-state index < -0.39 is 0 Å². The van der Waals surface area contributed by atoms with Crippen molar-refractivity contribution in [2.45, 2.75) is 18.8 Å². The van der Waals surface area contributed by atoms with E-state index >= 15 is 0 Å². The first-order chi connectivity index (χ1) is 9.76. The van der Waals surface area contributed by atoms with Crippen LogP contribution in [0.1, 0.15) is 34.1 Å². The minimum absolute atomic E-state index is 0.218. The van der Waals surface area contributed by atoms with Gasteiger partial charge in [-0.2, -0.15) is 5.10 Å². The first-order valence-corrected chi connectivity index (χ1v) is 6.65. The normalized spacial score (nSPS) is 22.1. The standard InChI is InChI=1S/C14H14N4O2/c1-20-8-2-3-15-11(6-8)16-14(19)13-10-5-7-4-9(7)12(10)17-18-13/h2-3,6-7,9H,4-5H2,1H3,(H,17,18)(H,15,16,19). The second-order valence-corrected chi connectivity index (χ2v) is 5.31. The Balaban J connectivity index is 1.57. The quantitative estimate of drug-likeness (QED) is 0.890. The number of fused-ring (bicyclic) bond motifs is 3. The molecule has 4 rings (SSSR count). The molecule has 2 unspecified atom stereocenters. The van der Waals surface area contributed by atoms with E-state index in [9.17, 15) is 4.79 Å². The predicted octanol–water partition coefficient (Wildman–Crippen LogP) is 1.73. The molecular weight excluding hydrogens is 256 g/mol. The maximum absolute atomic E-state index is 12.3. The number of hydrogen-bond acceptors (Lipinski definition) is 4. The topological polar surface area (TPSA) is 79.9 Å². The van der Waals surface area contributed by atoms with Gasteiger partial charge < -0.3 is 10.1 Å². The summed E-state index contributed by atoms with van der Waals surface area (Å²) < 4.78 is 5.11. The SMILES string of the molecule is COc1ccnc(NC(=O)c2n[nH]c3c2CC2CC32)c1. The van der Waals surface area contributed by atoms with Gasteiger partial charge in [-0.05, 0) is 24.8 Å². The third-order valence-electron chi connectivity index (χ3n) is 4.08. The number of aromatic amines is 1. The van der Waals surface area contributed by atoms with Crippen molar-refractivity contribution < 1.29 is 9.53 Å². The fourth-order valence-electron chi connectivity index (χ4n) is 2.95. The van der Waals surface area contributed by atoms with Gasteiger partial charge in [0, 0.05) is 29.4 Å². The molecule has 20 heavy (non-hydrogen) atoms. The Labute approximate surface area is 115 Å². The van der Waals surface area contributed by atoms with Crippen molar-refractivity contribution in [2.24, 2.45) is 5.92 Å². The largest absolute Gasteiger partial charge is 0.497 e. The summed E-state index contributed by atoms with van der Waals surface area (Å²) >= 11 is 0. The van der Waals surface area contributed by atoms with Crippen LogP contribution in [-0.4, -0.2) is 28.2 Å². The molecule has 0 radical (unpaired) electrons. The molecule has 0 saturated heterocycles. The molecule has 6 nitrogen and oxygen atoms in total. The average Bonchev–Trinajstić information content (AvgIpc) is 2.94. The van der Waals surface area contributed by atoms with E-state index in [2.05, 4.69) is 20.5 Å². The van der Waals surface area contributed by atoms with Crippen molar-refractivity contribution in [3.63, 3.8) is 0 Å². The number of anilines is 1. The monoisotopic (exact) mass is 270 g/mol. The van der Waals surface area contributed by atoms with Gasteiger partial charge in [-0.25, -0.2) is 4.98 Å². The third kappa shape index (κ3) is 1.68. The lowest BCUT2D eigenvalue weighted by Crippen LogP contribution is -2.15. The van der Waals surface area contributed by atoms with Crippen LogP contribution in [0.4, 0.5) is 5.82 Å². The van der Waals surface area contributed by atoms with Crippen molar-refractivity contribution in [3.05, 3.63) is 35.3 Å². The zero-order chi connectivity index (χ0) is 13.7. The van der Waals surface area contributed by atoms with Crippen molar-refractivity contribution in [1.82, 2.24) is 15.2 Å². The number of carbonyl (C=O) groups is 1. The summed E-state index contributed by atoms with van der Waals surface area (Å²) in [5.74, 6) is 2.23. The van der Waals surface area contributed by atoms with Gasteiger partial charge in [-0.15, -0.1) is 0 Å². The van der Waals surface area contributed by atoms with Crippen LogP contribution in [-0.2, 0) is 6.42 Å². The highest BCUT2D eigenvalue weighted by molar-refractivity contribution is 6.03. The number of carbonyl (C=O) groups excluding carboxylic acids is 1. The molecule has 0 aliphatic heterocycles. The number of nitrogens with one attached hydrogen (secondary N) is 2. The van der Waals surface area contributed by atoms with Gasteiger partial charge in [-0.1, -0.05) is 0 Å². The van der Waals surface area contributed by atoms with E-state index in [0.29, 0.717) is 23.2 Å². The van der Waals surface area contributed by atoms with Gasteiger partial charge in [0.15, 0.2) is 5.69 Å². The molecule has 2 aliphatic carbocycles. The number of aromatic nitrogens is 3. The van der Waals surface area contributed by atoms with Crippen LogP contribution in [0.3, 0.4) is 0 Å². The number of ether oxygens (including phenoxy) is 1. The number of nitrogens with zero attached hydrogens (tertiary/aromatic N) is 2. The first-order valence-electron chi connectivity index (χ1n) is 6.65. The number of H-pyrrole nitrogens is 1. The predicted molar refractivity (Wildman–Crippen MR) is 71.9 cm³/mol. The van der Waals surface area contributed by atoms with Gasteiger partial charge in [0.2, 0.25) is 0 Å². The summed E-state index contributed by atoms with van der Waals surface area (Å²) in [6.45, 7) is 0. The second-order valence-electron chi connectivity index (χ2n) is 5.31. The van der Waals surface area contributed by atoms with Crippen LogP contribution in [0, 0.1) is 5.92 Å². The fourth-order valence-corrected chi connectivity index (χ4v) is 2.95. The highest BCUT2D eigenvalue weighted by Gasteiger charge is 2.48. The van der Waals surface area contributed by atoms with Crippen molar-refractivity contribution in [1.29, 1.82) is 0 Å². The molecule has 1 saturated carbocycles. The minimum atomic E-state index is -0.218. The average molecular weight is 270 g/mol. The molecule has 2 aromatic rings. The lowest BCUT2D eigenvalue weighted by molar-refractivity contribution is 0.102. The molecule has 102 valence electrons. The van der Waals surface area contributed by atoms with Crippen LogP contribution in [0.15, 0.2) is 18.3 Å². The van der Waals surface area contributed by atoms with E-state index in [1.165, 1.54) is 6.42 Å². The summed E-state index contributed by atoms with van der Waals surface area (Å²) in [6, 6.07) is 3.41. The maximum Gasteiger partial charge on any atom is 0.277 e. The Hall–Kier alpha value is -2.37. The van der Waals surface area contributed by atoms with E-state index in [1.54, 1.807) is 25.4 Å². The molecular formula is C14H14N4O2. The molecule has 2 N–H and O–H groups in total. The lowest BCUT2D eigenvalue weighted by Gasteiger charge is -2.05. The summed E-state index contributed by atoms with van der Waals surface area (Å²) in [4.78, 5) is 16.4. The Morgan fingerprint density at radius 2 is 2.45 bits per heavy atom. The van der Waals surface area contributed by atoms with Gasteiger partial charge in [0.25, 0.3) is 5.91 Å². The Morgan fingerprint density at radius 1 is 1.55 bits per heavy atom. The zero-order valence-electron chi connectivity index (χ0n) is 11.0. The summed E-state index contributed by atoms with van der Waals surface area (Å²) in [6.07, 6.45) is 3.79. The number of methoxy groups -OCH3 is 1. The van der Waals surface area contributed by atoms with Crippen LogP contribution >= 0.6 is 0 Å². The van der Waals surface area contributed by atoms with Gasteiger partial charge in [0.05, 0.1) is 7.11 Å². The molecule has 2 aromatic heterocycles. The smallest absolute Gasteiger partial charge is 0.277 e. The number of amides is 1. The first kappa shape index (κ1) is 11.5. The van der Waals surface area contributed by atoms with Crippen LogP contribution in [0.2, 0.25) is 0 Å². The van der Waals surface area contributed by atoms with Crippen molar-refractivity contribution >= 4 is 11.7 Å². The van der Waals surface area contributed by atoms with E-state index in [0.717, 1.165) is 23.6 Å². The molecule has 6 heteroatoms. The van der Waals surface area contributed by atoms with E-state index in [4.69, 9.17) is 4.74 Å². The van der Waals surface area contributed by atoms with Crippen LogP contribution in [0.5, 0.6) is 5.75 Å². The highest BCUT2D eigenvalue weighted by Crippen LogP contribution is 2.56. The molecule has 1 amide bonds. The molecule has 0 aromatic carbocycles. The molecule has 0 spiro atoms. The minimum Gasteiger partial charge on any atom is -0.497 e. The summed E-state index contributed by atoms with van der Waals surface area (Å²) in [7, 11) is 1.58. The molecule has 2 atom stereocenters. The Morgan fingerprint density at radius 3 is 3.30 bits per heavy atom. The van der Waals surface area contributed by atoms with Gasteiger partial charge >= 0.3 is 0 Å². The Bertz CT molecular complexity index is 694. The number of rotatable bonds is 3. The zero-order valence-corrected chi connectivity index (χ0v) is 11.0. The van der Waals surface area contributed by atoms with Crippen LogP contribution in [0.25, 0.3) is 0 Å². The third-order valence-corrected chi connectivity index (χ3v) is 4.08. The molecule has 0 bridgehead atoms. The van der Waals surface area contributed by atoms with Gasteiger partial charge in [0.1, 0.15) is 11.6 Å². The van der Waals surface area contributed by atoms with E-state index in [-0.39, 0.29) is 5.91 Å². The molecule has 2 heterocycles. The summed E-state index contributed by atoms with van der Waals surface area (Å²) in [5, 5.41) is 9.93. The van der Waals surface area contributed by atoms with Crippen molar-refractivity contribution in [2.75, 3.05) is 12.4 Å². The second kappa shape index (κ2) is 4.06. The fraction of sp³-hybridized carbons (Fsp3) is 0.357. The van der Waals surface area contributed by atoms with Crippen molar-refractivity contribution in [3.8, 4) is 5.75 Å². The maximum atomic E-state index is 12.3. The highest BCUT2D eigenvalue weighted by atomic mass is 16.5. The van der Waals surface area contributed by atoms with Crippen LogP contribution < -0.4 is 10.1 Å².